The average Bonchev–Trinajstić information content (AvgIpc) is 3.39. The second-order valence-corrected chi connectivity index (χ2v) is 9.06. The zero-order valence-electron chi connectivity index (χ0n) is 19.8. The number of hydrogen-bond donors (Lipinski definition) is 2. The number of hydrogen-bond acceptors (Lipinski definition) is 5. The summed E-state index contributed by atoms with van der Waals surface area (Å²) >= 11 is 1.59. The first-order chi connectivity index (χ1) is 17.5. The predicted octanol–water partition coefficient (Wildman–Crippen LogP) is 5.87. The second-order valence-electron chi connectivity index (χ2n) is 8.22. The molecular formula is C29H27N3O3S. The summed E-state index contributed by atoms with van der Waals surface area (Å²) in [5.74, 6) is -1.23. The second kappa shape index (κ2) is 12.0. The fourth-order valence-corrected chi connectivity index (χ4v) is 4.58. The van der Waals surface area contributed by atoms with Crippen LogP contribution in [0.1, 0.15) is 22.3 Å². The average molecular weight is 498 g/mol. The minimum atomic E-state index is -0.942. The van der Waals surface area contributed by atoms with Crippen LogP contribution in [-0.2, 0) is 11.3 Å². The highest BCUT2D eigenvalue weighted by Gasteiger charge is 2.13. The molecule has 7 heteroatoms. The molecule has 0 radical (unpaired) electrons. The van der Waals surface area contributed by atoms with Gasteiger partial charge in [-0.1, -0.05) is 72.8 Å². The maximum Gasteiger partial charge on any atom is 0.305 e. The molecule has 0 atom stereocenters. The molecule has 1 amide bonds. The van der Waals surface area contributed by atoms with E-state index in [0.717, 1.165) is 22.0 Å². The maximum absolute atomic E-state index is 12.2. The summed E-state index contributed by atoms with van der Waals surface area (Å²) in [6.45, 7) is 5.25. The minimum absolute atomic E-state index is 0.102. The standard InChI is InChI=1S/C29H27N3O3S/c1-2-18-32(19-21-8-10-25(11-9-21)28(35)30-17-16-27(33)34)29-31-26(20-36-29)24-14-12-23(13-15-24)22-6-4-3-5-7-22/h2-15,20H,1,16-19H2,(H,30,35)(H,33,34). The van der Waals surface area contributed by atoms with E-state index in [-0.39, 0.29) is 18.9 Å². The Labute approximate surface area is 214 Å². The molecule has 0 aliphatic rings. The fourth-order valence-electron chi connectivity index (χ4n) is 3.74. The Balaban J connectivity index is 1.43. The third kappa shape index (κ3) is 6.46. The molecule has 3 aromatic carbocycles. The van der Waals surface area contributed by atoms with E-state index in [9.17, 15) is 9.59 Å². The van der Waals surface area contributed by atoms with E-state index < -0.39 is 5.97 Å². The molecule has 4 aromatic rings. The van der Waals surface area contributed by atoms with Crippen molar-refractivity contribution in [3.8, 4) is 22.4 Å². The summed E-state index contributed by atoms with van der Waals surface area (Å²) in [7, 11) is 0. The van der Waals surface area contributed by atoms with Gasteiger partial charge in [-0.05, 0) is 28.8 Å². The van der Waals surface area contributed by atoms with Gasteiger partial charge in [0.25, 0.3) is 5.91 Å². The van der Waals surface area contributed by atoms with Crippen molar-refractivity contribution in [3.63, 3.8) is 0 Å². The van der Waals surface area contributed by atoms with E-state index >= 15 is 0 Å². The third-order valence-electron chi connectivity index (χ3n) is 5.61. The number of aliphatic carboxylic acids is 1. The summed E-state index contributed by atoms with van der Waals surface area (Å²) in [5, 5.41) is 14.3. The number of benzene rings is 3. The normalized spacial score (nSPS) is 10.6. The highest BCUT2D eigenvalue weighted by Crippen LogP contribution is 2.30. The van der Waals surface area contributed by atoms with E-state index in [2.05, 4.69) is 58.6 Å². The molecule has 0 bridgehead atoms. The Morgan fingerprint density at radius 3 is 2.28 bits per heavy atom. The number of carboxylic acids is 1. The largest absolute Gasteiger partial charge is 0.481 e. The van der Waals surface area contributed by atoms with Crippen LogP contribution in [0.3, 0.4) is 0 Å². The lowest BCUT2D eigenvalue weighted by Crippen LogP contribution is -2.26. The molecule has 0 aliphatic heterocycles. The number of carboxylic acid groups (broad SMARTS) is 1. The van der Waals surface area contributed by atoms with E-state index in [1.807, 2.05) is 36.4 Å². The Bertz CT molecular complexity index is 1320. The first kappa shape index (κ1) is 24.9. The predicted molar refractivity (Wildman–Crippen MR) is 145 cm³/mol. The molecule has 4 rings (SSSR count). The van der Waals surface area contributed by atoms with E-state index in [0.29, 0.717) is 18.7 Å². The summed E-state index contributed by atoms with van der Waals surface area (Å²) in [6.07, 6.45) is 1.74. The van der Waals surface area contributed by atoms with Crippen molar-refractivity contribution in [1.29, 1.82) is 0 Å². The number of amides is 1. The summed E-state index contributed by atoms with van der Waals surface area (Å²) in [6, 6.07) is 26.0. The number of carbonyl (C=O) groups is 2. The smallest absolute Gasteiger partial charge is 0.305 e. The molecule has 182 valence electrons. The van der Waals surface area contributed by atoms with Crippen LogP contribution in [0.15, 0.2) is 96.9 Å². The molecule has 6 nitrogen and oxygen atoms in total. The van der Waals surface area contributed by atoms with Gasteiger partial charge in [-0.2, -0.15) is 0 Å². The molecule has 0 spiro atoms. The molecule has 1 aromatic heterocycles. The molecule has 2 N–H and O–H groups in total. The molecule has 0 aliphatic carbocycles. The highest BCUT2D eigenvalue weighted by molar-refractivity contribution is 7.14. The van der Waals surface area contributed by atoms with Gasteiger partial charge in [-0.25, -0.2) is 4.98 Å². The number of rotatable bonds is 11. The van der Waals surface area contributed by atoms with Crippen LogP contribution >= 0.6 is 11.3 Å². The Kier molecular flexibility index (Phi) is 8.26. The van der Waals surface area contributed by atoms with Crippen molar-refractivity contribution in [3.05, 3.63) is 108 Å². The number of carbonyl (C=O) groups excluding carboxylic acids is 1. The molecule has 0 saturated carbocycles. The van der Waals surface area contributed by atoms with Gasteiger partial charge in [0.15, 0.2) is 5.13 Å². The van der Waals surface area contributed by atoms with Crippen LogP contribution in [0.25, 0.3) is 22.4 Å². The Hall–Kier alpha value is -4.23. The fraction of sp³-hybridized carbons (Fsp3) is 0.138. The van der Waals surface area contributed by atoms with Gasteiger partial charge in [-0.15, -0.1) is 17.9 Å². The van der Waals surface area contributed by atoms with Gasteiger partial charge in [-0.3, -0.25) is 9.59 Å². The van der Waals surface area contributed by atoms with Crippen molar-refractivity contribution >= 4 is 28.3 Å². The van der Waals surface area contributed by atoms with Crippen LogP contribution in [0.5, 0.6) is 0 Å². The summed E-state index contributed by atoms with van der Waals surface area (Å²) in [4.78, 5) is 29.8. The van der Waals surface area contributed by atoms with E-state index in [1.54, 1.807) is 23.5 Å². The SMILES string of the molecule is C=CCN(Cc1ccc(C(=O)NCCC(=O)O)cc1)c1nc(-c2ccc(-c3ccccc3)cc2)cs1. The number of nitrogens with zero attached hydrogens (tertiary/aromatic N) is 2. The monoisotopic (exact) mass is 497 g/mol. The van der Waals surface area contributed by atoms with Crippen LogP contribution in [0.4, 0.5) is 5.13 Å². The van der Waals surface area contributed by atoms with Crippen LogP contribution in [0.2, 0.25) is 0 Å². The minimum Gasteiger partial charge on any atom is -0.481 e. The first-order valence-electron chi connectivity index (χ1n) is 11.6. The topological polar surface area (TPSA) is 82.5 Å². The molecule has 0 saturated heterocycles. The lowest BCUT2D eigenvalue weighted by atomic mass is 10.0. The van der Waals surface area contributed by atoms with E-state index in [1.165, 1.54) is 11.1 Å². The lowest BCUT2D eigenvalue weighted by Gasteiger charge is -2.20. The van der Waals surface area contributed by atoms with Gasteiger partial charge >= 0.3 is 5.97 Å². The number of thiazole rings is 1. The quantitative estimate of drug-likeness (QED) is 0.253. The van der Waals surface area contributed by atoms with Crippen molar-refractivity contribution < 1.29 is 14.7 Å². The van der Waals surface area contributed by atoms with Gasteiger partial charge in [0.2, 0.25) is 0 Å². The van der Waals surface area contributed by atoms with Crippen molar-refractivity contribution in [2.45, 2.75) is 13.0 Å². The Morgan fingerprint density at radius 2 is 1.61 bits per heavy atom. The molecule has 0 fully saturated rings. The molecular weight excluding hydrogens is 470 g/mol. The summed E-state index contributed by atoms with van der Waals surface area (Å²) in [5.41, 5.74) is 5.87. The lowest BCUT2D eigenvalue weighted by molar-refractivity contribution is -0.136. The van der Waals surface area contributed by atoms with E-state index in [4.69, 9.17) is 10.1 Å². The number of nitrogens with one attached hydrogen (secondary N) is 1. The van der Waals surface area contributed by atoms with Gasteiger partial charge in [0.05, 0.1) is 12.1 Å². The summed E-state index contributed by atoms with van der Waals surface area (Å²) < 4.78 is 0. The van der Waals surface area contributed by atoms with Crippen LogP contribution in [0, 0.1) is 0 Å². The van der Waals surface area contributed by atoms with Gasteiger partial charge in [0, 0.05) is 36.1 Å². The zero-order chi connectivity index (χ0) is 25.3. The molecule has 36 heavy (non-hydrogen) atoms. The van der Waals surface area contributed by atoms with Crippen molar-refractivity contribution in [1.82, 2.24) is 10.3 Å². The van der Waals surface area contributed by atoms with Gasteiger partial charge < -0.3 is 15.3 Å². The van der Waals surface area contributed by atoms with Gasteiger partial charge in [0.1, 0.15) is 0 Å². The molecule has 1 heterocycles. The van der Waals surface area contributed by atoms with Crippen molar-refractivity contribution in [2.75, 3.05) is 18.0 Å². The zero-order valence-corrected chi connectivity index (χ0v) is 20.6. The van der Waals surface area contributed by atoms with Crippen LogP contribution in [-0.4, -0.2) is 35.1 Å². The maximum atomic E-state index is 12.2. The number of anilines is 1. The number of aromatic nitrogens is 1. The van der Waals surface area contributed by atoms with Crippen molar-refractivity contribution in [2.24, 2.45) is 0 Å². The third-order valence-corrected chi connectivity index (χ3v) is 6.52. The Morgan fingerprint density at radius 1 is 0.944 bits per heavy atom. The molecule has 0 unspecified atom stereocenters. The highest BCUT2D eigenvalue weighted by atomic mass is 32.1. The first-order valence-corrected chi connectivity index (χ1v) is 12.5. The van der Waals surface area contributed by atoms with Crippen LogP contribution < -0.4 is 10.2 Å².